The third-order valence-corrected chi connectivity index (χ3v) is 8.84. The van der Waals surface area contributed by atoms with Gasteiger partial charge in [-0.1, -0.05) is 30.4 Å². The lowest BCUT2D eigenvalue weighted by Gasteiger charge is -2.41. The highest BCUT2D eigenvalue weighted by molar-refractivity contribution is 5.80. The van der Waals surface area contributed by atoms with Gasteiger partial charge >= 0.3 is 5.97 Å². The number of piperidine rings is 1. The number of nitrogens with zero attached hydrogens (tertiary/aromatic N) is 5. The maximum atomic E-state index is 12.8. The summed E-state index contributed by atoms with van der Waals surface area (Å²) in [5.41, 5.74) is 4.36. The minimum Gasteiger partial charge on any atom is -0.490 e. The summed E-state index contributed by atoms with van der Waals surface area (Å²) >= 11 is 0. The van der Waals surface area contributed by atoms with Crippen LogP contribution in [-0.2, 0) is 14.3 Å². The summed E-state index contributed by atoms with van der Waals surface area (Å²) in [6.07, 6.45) is 4.31. The molecular weight excluding hydrogens is 630 g/mol. The predicted molar refractivity (Wildman–Crippen MR) is 195 cm³/mol. The number of ether oxygens (including phenoxy) is 3. The number of aryl methyl sites for hydroxylation is 1. The van der Waals surface area contributed by atoms with Crippen molar-refractivity contribution >= 4 is 17.4 Å². The van der Waals surface area contributed by atoms with Crippen molar-refractivity contribution in [2.45, 2.75) is 84.2 Å². The van der Waals surface area contributed by atoms with Gasteiger partial charge in [0.15, 0.2) is 11.8 Å². The molecule has 0 saturated carbocycles. The first-order valence-electron chi connectivity index (χ1n) is 17.0. The molecule has 1 aliphatic heterocycles. The number of benzene rings is 2. The van der Waals surface area contributed by atoms with Gasteiger partial charge in [0.05, 0.1) is 46.8 Å². The van der Waals surface area contributed by atoms with E-state index < -0.39 is 17.7 Å². The lowest BCUT2D eigenvalue weighted by molar-refractivity contribution is -0.160. The van der Waals surface area contributed by atoms with Gasteiger partial charge in [0.2, 0.25) is 0 Å². The minimum atomic E-state index is -1.26. The largest absolute Gasteiger partial charge is 0.490 e. The Morgan fingerprint density at radius 3 is 2.48 bits per heavy atom. The van der Waals surface area contributed by atoms with Gasteiger partial charge in [-0.15, -0.1) is 13.2 Å². The van der Waals surface area contributed by atoms with Crippen LogP contribution in [0.25, 0.3) is 28.0 Å². The Morgan fingerprint density at radius 2 is 1.84 bits per heavy atom. The monoisotopic (exact) mass is 677 g/mol. The molecule has 10 heteroatoms. The molecular formula is C40H47N5O5. The number of hydrogen-bond acceptors (Lipinski definition) is 8. The molecule has 1 aliphatic rings. The Kier molecular flexibility index (Phi) is 10.8. The number of carboxylic acid groups (broad SMARTS) is 1. The third kappa shape index (κ3) is 8.07. The zero-order valence-electron chi connectivity index (χ0n) is 29.9. The smallest absolute Gasteiger partial charge is 0.337 e. The molecule has 2 aromatic carbocycles. The molecule has 50 heavy (non-hydrogen) atoms. The molecule has 5 rings (SSSR count). The summed E-state index contributed by atoms with van der Waals surface area (Å²) in [6.45, 7) is 20.8. The Hall–Kier alpha value is -4.98. The number of rotatable bonds is 13. The zero-order chi connectivity index (χ0) is 36.2. The Balaban J connectivity index is 1.63. The number of carboxylic acids is 1. The molecule has 0 amide bonds. The van der Waals surface area contributed by atoms with Crippen LogP contribution in [0.2, 0.25) is 0 Å². The molecule has 0 bridgehead atoms. The van der Waals surface area contributed by atoms with E-state index in [1.165, 1.54) is 0 Å². The number of fused-ring (bicyclic) bond motifs is 1. The fourth-order valence-corrected chi connectivity index (χ4v) is 6.32. The SMILES string of the molecule is C=CCOC1(C)CCN(c2c(C(OC(C)(C)C)C(=O)O)c(C)nc3cc(-c4cccc(-c5ccc(C#N)cc5O[C@@H](C)CC=C)c4)nn23)CC1. The molecule has 0 aliphatic carbocycles. The van der Waals surface area contributed by atoms with E-state index >= 15 is 0 Å². The molecule has 0 radical (unpaired) electrons. The van der Waals surface area contributed by atoms with Crippen LogP contribution in [-0.4, -0.2) is 62.7 Å². The molecule has 1 N–H and O–H groups in total. The van der Waals surface area contributed by atoms with Crippen molar-refractivity contribution in [1.82, 2.24) is 14.6 Å². The highest BCUT2D eigenvalue weighted by Crippen LogP contribution is 2.39. The van der Waals surface area contributed by atoms with Gasteiger partial charge < -0.3 is 24.2 Å². The number of carbonyl (C=O) groups is 1. The zero-order valence-corrected chi connectivity index (χ0v) is 29.9. The van der Waals surface area contributed by atoms with Crippen molar-refractivity contribution in [3.63, 3.8) is 0 Å². The lowest BCUT2D eigenvalue weighted by atomic mass is 9.92. The highest BCUT2D eigenvalue weighted by Gasteiger charge is 2.37. The first-order valence-corrected chi connectivity index (χ1v) is 17.0. The second kappa shape index (κ2) is 14.9. The number of anilines is 1. The van der Waals surface area contributed by atoms with E-state index in [1.54, 1.807) is 22.7 Å². The first-order chi connectivity index (χ1) is 23.8. The van der Waals surface area contributed by atoms with Gasteiger partial charge in [-0.2, -0.15) is 14.9 Å². The van der Waals surface area contributed by atoms with Crippen molar-refractivity contribution in [2.24, 2.45) is 0 Å². The summed E-state index contributed by atoms with van der Waals surface area (Å²) < 4.78 is 20.3. The van der Waals surface area contributed by atoms with Crippen molar-refractivity contribution in [3.8, 4) is 34.2 Å². The van der Waals surface area contributed by atoms with Crippen molar-refractivity contribution in [3.05, 3.63) is 90.7 Å². The topological polar surface area (TPSA) is 122 Å². The van der Waals surface area contributed by atoms with Crippen LogP contribution >= 0.6 is 0 Å². The van der Waals surface area contributed by atoms with Crippen LogP contribution in [0.4, 0.5) is 5.82 Å². The molecule has 1 unspecified atom stereocenters. The van der Waals surface area contributed by atoms with Gasteiger partial charge in [-0.25, -0.2) is 9.78 Å². The number of hydrogen-bond donors (Lipinski definition) is 1. The number of aliphatic carboxylic acids is 1. The molecule has 2 atom stereocenters. The van der Waals surface area contributed by atoms with Crippen LogP contribution in [0.15, 0.2) is 73.8 Å². The second-order valence-electron chi connectivity index (χ2n) is 14.1. The fourth-order valence-electron chi connectivity index (χ4n) is 6.32. The van der Waals surface area contributed by atoms with Gasteiger partial charge in [-0.3, -0.25) is 0 Å². The average Bonchev–Trinajstić information content (AvgIpc) is 3.49. The molecule has 0 spiro atoms. The van der Waals surface area contributed by atoms with Crippen LogP contribution in [0.3, 0.4) is 0 Å². The maximum absolute atomic E-state index is 12.8. The van der Waals surface area contributed by atoms with E-state index in [4.69, 9.17) is 24.3 Å². The first kappa shape index (κ1) is 36.3. The number of aromatic nitrogens is 3. The molecule has 10 nitrogen and oxygen atoms in total. The summed E-state index contributed by atoms with van der Waals surface area (Å²) in [6, 6.07) is 17.5. The van der Waals surface area contributed by atoms with E-state index in [-0.39, 0.29) is 11.7 Å². The molecule has 262 valence electrons. The fraction of sp³-hybridized carbons (Fsp3) is 0.400. The maximum Gasteiger partial charge on any atom is 0.337 e. The van der Waals surface area contributed by atoms with E-state index in [0.717, 1.165) is 29.5 Å². The summed E-state index contributed by atoms with van der Waals surface area (Å²) in [4.78, 5) is 19.9. The molecule has 1 saturated heterocycles. The van der Waals surface area contributed by atoms with Gasteiger partial charge in [0, 0.05) is 42.4 Å². The van der Waals surface area contributed by atoms with Gasteiger partial charge in [0.1, 0.15) is 11.6 Å². The Labute approximate surface area is 294 Å². The summed E-state index contributed by atoms with van der Waals surface area (Å²) in [5.74, 6) is 0.170. The van der Waals surface area contributed by atoms with E-state index in [0.29, 0.717) is 65.8 Å². The quantitative estimate of drug-likeness (QED) is 0.140. The van der Waals surface area contributed by atoms with E-state index in [9.17, 15) is 15.2 Å². The standard InChI is InChI=1S/C40H47N5O5/c1-9-12-26(3)49-33-22-28(25-41)15-16-31(33)29-13-11-14-30(23-29)32-24-34-42-27(4)35(36(38(46)47)50-39(5,6)7)37(45(34)43-32)44-19-17-40(8,18-20-44)48-21-10-2/h9-11,13-16,22-24,26,36H,1-2,12,17-21H2,3-8H3,(H,46,47)/t26-,36?/m0/s1. The molecule has 1 fully saturated rings. The predicted octanol–water partition coefficient (Wildman–Crippen LogP) is 8.09. The van der Waals surface area contributed by atoms with E-state index in [2.05, 4.69) is 31.1 Å². The summed E-state index contributed by atoms with van der Waals surface area (Å²) in [5, 5.41) is 25.1. The molecule has 2 aromatic heterocycles. The minimum absolute atomic E-state index is 0.123. The van der Waals surface area contributed by atoms with Crippen LogP contribution in [0.1, 0.15) is 76.8 Å². The second-order valence-corrected chi connectivity index (χ2v) is 14.1. The van der Waals surface area contributed by atoms with Gasteiger partial charge in [-0.05, 0) is 84.2 Å². The molecule has 3 heterocycles. The van der Waals surface area contributed by atoms with Crippen molar-refractivity contribution in [1.29, 1.82) is 5.26 Å². The lowest BCUT2D eigenvalue weighted by Crippen LogP contribution is -2.45. The Bertz CT molecular complexity index is 1930. The van der Waals surface area contributed by atoms with E-state index in [1.807, 2.05) is 77.1 Å². The van der Waals surface area contributed by atoms with Crippen molar-refractivity contribution < 1.29 is 24.1 Å². The number of nitriles is 1. The van der Waals surface area contributed by atoms with Crippen molar-refractivity contribution in [2.75, 3.05) is 24.6 Å². The van der Waals surface area contributed by atoms with Crippen LogP contribution < -0.4 is 9.64 Å². The third-order valence-electron chi connectivity index (χ3n) is 8.84. The average molecular weight is 678 g/mol. The normalized spacial score (nSPS) is 15.7. The van der Waals surface area contributed by atoms with Crippen LogP contribution in [0, 0.1) is 18.3 Å². The Morgan fingerprint density at radius 1 is 1.12 bits per heavy atom. The summed E-state index contributed by atoms with van der Waals surface area (Å²) in [7, 11) is 0. The van der Waals surface area contributed by atoms with Gasteiger partial charge in [0.25, 0.3) is 0 Å². The highest BCUT2D eigenvalue weighted by atomic mass is 16.5. The van der Waals surface area contributed by atoms with Crippen LogP contribution in [0.5, 0.6) is 5.75 Å². The molecule has 4 aromatic rings.